The van der Waals surface area contributed by atoms with Gasteiger partial charge in [0.15, 0.2) is 0 Å². The second kappa shape index (κ2) is 9.99. The molecule has 1 aromatic rings. The highest BCUT2D eigenvalue weighted by atomic mass is 15.1. The predicted octanol–water partition coefficient (Wildman–Crippen LogP) is 3.85. The minimum absolute atomic E-state index is 0.512. The van der Waals surface area contributed by atoms with Crippen LogP contribution in [0.4, 0.5) is 0 Å². The molecule has 0 amide bonds. The van der Waals surface area contributed by atoms with Crippen LogP contribution in [0.5, 0.6) is 0 Å². The van der Waals surface area contributed by atoms with E-state index in [9.17, 15) is 0 Å². The Morgan fingerprint density at radius 2 is 1.84 bits per heavy atom. The second-order valence-corrected chi connectivity index (χ2v) is 5.31. The number of benzene rings is 1. The number of nitrogens with zero attached hydrogens (tertiary/aromatic N) is 1. The molecule has 0 saturated carbocycles. The average Bonchev–Trinajstić information content (AvgIpc) is 2.46. The third kappa shape index (κ3) is 6.74. The van der Waals surface area contributed by atoms with Crippen molar-refractivity contribution in [2.75, 3.05) is 26.7 Å². The minimum Gasteiger partial charge on any atom is -0.309 e. The third-order valence-electron chi connectivity index (χ3n) is 3.72. The number of rotatable bonds is 10. The molecule has 0 bridgehead atoms. The standard InChI is InChI=1S/C17H30N2/c1-4-6-8-13-17(16-11-9-7-10-12-16)18-14-15-19(3)5-2/h7,9-12,17-18H,4-6,8,13-15H2,1-3H3. The van der Waals surface area contributed by atoms with Gasteiger partial charge in [0.25, 0.3) is 0 Å². The van der Waals surface area contributed by atoms with Gasteiger partial charge in [0.2, 0.25) is 0 Å². The zero-order valence-electron chi connectivity index (χ0n) is 12.9. The van der Waals surface area contributed by atoms with E-state index in [1.54, 1.807) is 0 Å². The van der Waals surface area contributed by atoms with Crippen molar-refractivity contribution in [3.05, 3.63) is 35.9 Å². The van der Waals surface area contributed by atoms with Crippen molar-refractivity contribution in [3.8, 4) is 0 Å². The Kier molecular flexibility index (Phi) is 8.52. The molecule has 1 unspecified atom stereocenters. The maximum absolute atomic E-state index is 3.72. The first-order valence-electron chi connectivity index (χ1n) is 7.74. The van der Waals surface area contributed by atoms with Gasteiger partial charge >= 0.3 is 0 Å². The van der Waals surface area contributed by atoms with Gasteiger partial charge in [-0.1, -0.05) is 63.4 Å². The van der Waals surface area contributed by atoms with Gasteiger partial charge in [-0.3, -0.25) is 0 Å². The first-order chi connectivity index (χ1) is 9.27. The molecule has 2 nitrogen and oxygen atoms in total. The van der Waals surface area contributed by atoms with E-state index in [2.05, 4.69) is 61.4 Å². The summed E-state index contributed by atoms with van der Waals surface area (Å²) < 4.78 is 0. The molecule has 1 atom stereocenters. The quantitative estimate of drug-likeness (QED) is 0.644. The molecular formula is C17H30N2. The molecule has 0 aliphatic carbocycles. The van der Waals surface area contributed by atoms with E-state index < -0.39 is 0 Å². The van der Waals surface area contributed by atoms with Crippen molar-refractivity contribution in [2.45, 2.75) is 45.6 Å². The highest BCUT2D eigenvalue weighted by Gasteiger charge is 2.10. The summed E-state index contributed by atoms with van der Waals surface area (Å²) in [6.45, 7) is 7.77. The summed E-state index contributed by atoms with van der Waals surface area (Å²) in [4.78, 5) is 2.35. The van der Waals surface area contributed by atoms with Gasteiger partial charge in [-0.15, -0.1) is 0 Å². The van der Waals surface area contributed by atoms with E-state index >= 15 is 0 Å². The Balaban J connectivity index is 2.45. The molecule has 108 valence electrons. The van der Waals surface area contributed by atoms with Crippen molar-refractivity contribution < 1.29 is 0 Å². The molecule has 1 aromatic carbocycles. The van der Waals surface area contributed by atoms with Gasteiger partial charge in [-0.2, -0.15) is 0 Å². The topological polar surface area (TPSA) is 15.3 Å². The molecule has 0 heterocycles. The van der Waals surface area contributed by atoms with E-state index in [1.807, 2.05) is 0 Å². The van der Waals surface area contributed by atoms with Crippen molar-refractivity contribution in [1.82, 2.24) is 10.2 Å². The summed E-state index contributed by atoms with van der Waals surface area (Å²) in [5, 5.41) is 3.72. The van der Waals surface area contributed by atoms with Crippen molar-refractivity contribution in [2.24, 2.45) is 0 Å². The fourth-order valence-electron chi connectivity index (χ4n) is 2.26. The number of likely N-dealkylation sites (N-methyl/N-ethyl adjacent to an activating group) is 1. The van der Waals surface area contributed by atoms with E-state index in [1.165, 1.54) is 31.2 Å². The second-order valence-electron chi connectivity index (χ2n) is 5.31. The lowest BCUT2D eigenvalue weighted by Crippen LogP contribution is -2.31. The summed E-state index contributed by atoms with van der Waals surface area (Å²) in [6.07, 6.45) is 5.18. The van der Waals surface area contributed by atoms with Gasteiger partial charge in [-0.25, -0.2) is 0 Å². The first-order valence-corrected chi connectivity index (χ1v) is 7.74. The van der Waals surface area contributed by atoms with Crippen LogP contribution in [0.2, 0.25) is 0 Å². The van der Waals surface area contributed by atoms with E-state index in [4.69, 9.17) is 0 Å². The number of hydrogen-bond acceptors (Lipinski definition) is 2. The maximum Gasteiger partial charge on any atom is 0.0320 e. The summed E-state index contributed by atoms with van der Waals surface area (Å²) in [5.74, 6) is 0. The molecule has 0 aliphatic rings. The van der Waals surface area contributed by atoms with Crippen molar-refractivity contribution >= 4 is 0 Å². The molecule has 0 aromatic heterocycles. The van der Waals surface area contributed by atoms with Crippen LogP contribution in [0.15, 0.2) is 30.3 Å². The SMILES string of the molecule is CCCCCC(NCCN(C)CC)c1ccccc1. The molecule has 0 spiro atoms. The summed E-state index contributed by atoms with van der Waals surface area (Å²) in [7, 11) is 2.18. The van der Waals surface area contributed by atoms with Gasteiger partial charge in [0.05, 0.1) is 0 Å². The van der Waals surface area contributed by atoms with Crippen LogP contribution < -0.4 is 5.32 Å². The number of hydrogen-bond donors (Lipinski definition) is 1. The normalized spacial score (nSPS) is 12.8. The maximum atomic E-state index is 3.72. The van der Waals surface area contributed by atoms with Crippen LogP contribution in [-0.2, 0) is 0 Å². The monoisotopic (exact) mass is 262 g/mol. The molecular weight excluding hydrogens is 232 g/mol. The molecule has 0 saturated heterocycles. The largest absolute Gasteiger partial charge is 0.309 e. The van der Waals surface area contributed by atoms with Crippen molar-refractivity contribution in [1.29, 1.82) is 0 Å². The number of unbranched alkanes of at least 4 members (excludes halogenated alkanes) is 2. The van der Waals surface area contributed by atoms with Gasteiger partial charge < -0.3 is 10.2 Å². The average molecular weight is 262 g/mol. The zero-order chi connectivity index (χ0) is 13.9. The molecule has 0 radical (unpaired) electrons. The van der Waals surface area contributed by atoms with Crippen LogP contribution in [0.25, 0.3) is 0 Å². The van der Waals surface area contributed by atoms with Crippen LogP contribution in [0.3, 0.4) is 0 Å². The van der Waals surface area contributed by atoms with Crippen LogP contribution in [0.1, 0.15) is 51.1 Å². The van der Waals surface area contributed by atoms with Crippen LogP contribution in [-0.4, -0.2) is 31.6 Å². The molecule has 2 heteroatoms. The van der Waals surface area contributed by atoms with Crippen molar-refractivity contribution in [3.63, 3.8) is 0 Å². The van der Waals surface area contributed by atoms with Crippen LogP contribution in [0, 0.1) is 0 Å². The molecule has 1 rings (SSSR count). The van der Waals surface area contributed by atoms with Crippen LogP contribution >= 0.6 is 0 Å². The third-order valence-corrected chi connectivity index (χ3v) is 3.72. The van der Waals surface area contributed by atoms with Gasteiger partial charge in [0, 0.05) is 19.1 Å². The lowest BCUT2D eigenvalue weighted by Gasteiger charge is -2.21. The Hall–Kier alpha value is -0.860. The molecule has 0 aliphatic heterocycles. The zero-order valence-corrected chi connectivity index (χ0v) is 12.9. The Morgan fingerprint density at radius 1 is 1.11 bits per heavy atom. The van der Waals surface area contributed by atoms with E-state index in [0.29, 0.717) is 6.04 Å². The number of nitrogens with one attached hydrogen (secondary N) is 1. The Morgan fingerprint density at radius 3 is 2.47 bits per heavy atom. The fourth-order valence-corrected chi connectivity index (χ4v) is 2.26. The lowest BCUT2D eigenvalue weighted by atomic mass is 10.0. The highest BCUT2D eigenvalue weighted by molar-refractivity contribution is 5.18. The highest BCUT2D eigenvalue weighted by Crippen LogP contribution is 2.19. The lowest BCUT2D eigenvalue weighted by molar-refractivity contribution is 0.335. The molecule has 0 fully saturated rings. The molecule has 1 N–H and O–H groups in total. The van der Waals surface area contributed by atoms with E-state index in [0.717, 1.165) is 19.6 Å². The Bertz CT molecular complexity index is 310. The summed E-state index contributed by atoms with van der Waals surface area (Å²) >= 11 is 0. The summed E-state index contributed by atoms with van der Waals surface area (Å²) in [5.41, 5.74) is 1.43. The first kappa shape index (κ1) is 16.2. The van der Waals surface area contributed by atoms with Gasteiger partial charge in [-0.05, 0) is 25.6 Å². The fraction of sp³-hybridized carbons (Fsp3) is 0.647. The minimum atomic E-state index is 0.512. The summed E-state index contributed by atoms with van der Waals surface area (Å²) in [6, 6.07) is 11.4. The predicted molar refractivity (Wildman–Crippen MR) is 84.5 cm³/mol. The Labute approximate surface area is 119 Å². The van der Waals surface area contributed by atoms with E-state index in [-0.39, 0.29) is 0 Å². The smallest absolute Gasteiger partial charge is 0.0320 e. The van der Waals surface area contributed by atoms with Gasteiger partial charge in [0.1, 0.15) is 0 Å². The molecule has 19 heavy (non-hydrogen) atoms.